The van der Waals surface area contributed by atoms with Crippen molar-refractivity contribution in [2.24, 2.45) is 7.05 Å². The Morgan fingerprint density at radius 2 is 1.94 bits per heavy atom. The number of halogens is 1. The van der Waals surface area contributed by atoms with Crippen molar-refractivity contribution in [3.05, 3.63) is 59.4 Å². The summed E-state index contributed by atoms with van der Waals surface area (Å²) in [4.78, 5) is 29.3. The molecular formula is C23H26FN9O2. The van der Waals surface area contributed by atoms with Crippen molar-refractivity contribution in [3.8, 4) is 11.4 Å². The first-order chi connectivity index (χ1) is 16.5. The molecule has 12 heteroatoms. The highest BCUT2D eigenvalue weighted by molar-refractivity contribution is 5.90. The van der Waals surface area contributed by atoms with Gasteiger partial charge in [0.2, 0.25) is 11.8 Å². The number of nitrogens with zero attached hydrogens (tertiary/aromatic N) is 7. The number of anilines is 2. The van der Waals surface area contributed by atoms with Crippen molar-refractivity contribution in [1.29, 1.82) is 0 Å². The van der Waals surface area contributed by atoms with Gasteiger partial charge in [-0.15, -0.1) is 0 Å². The van der Waals surface area contributed by atoms with Crippen molar-refractivity contribution in [3.63, 3.8) is 0 Å². The first-order valence-corrected chi connectivity index (χ1v) is 10.9. The zero-order valence-electron chi connectivity index (χ0n) is 20.3. The molecule has 35 heavy (non-hydrogen) atoms. The number of nitrogens with one attached hydrogen (secondary N) is 2. The molecule has 0 saturated carbocycles. The van der Waals surface area contributed by atoms with Crippen molar-refractivity contribution in [2.45, 2.75) is 46.1 Å². The van der Waals surface area contributed by atoms with Crippen LogP contribution in [0.4, 0.5) is 16.2 Å². The van der Waals surface area contributed by atoms with Crippen LogP contribution in [0.3, 0.4) is 0 Å². The summed E-state index contributed by atoms with van der Waals surface area (Å²) in [5.41, 5.74) is 0.789. The van der Waals surface area contributed by atoms with Crippen LogP contribution in [0.1, 0.15) is 61.4 Å². The van der Waals surface area contributed by atoms with Gasteiger partial charge in [0.05, 0.1) is 11.6 Å². The van der Waals surface area contributed by atoms with Gasteiger partial charge in [0.15, 0.2) is 11.6 Å². The van der Waals surface area contributed by atoms with E-state index in [2.05, 4.69) is 40.8 Å². The Bertz CT molecular complexity index is 1370. The Morgan fingerprint density at radius 1 is 1.17 bits per heavy atom. The van der Waals surface area contributed by atoms with Gasteiger partial charge in [0.1, 0.15) is 12.1 Å². The molecule has 3 aromatic heterocycles. The normalized spacial score (nSPS) is 12.4. The van der Waals surface area contributed by atoms with Gasteiger partial charge >= 0.3 is 0 Å². The standard InChI is InChI=1S/C23H26FN9O2/c1-12-14(13(2)27-20(34)19-29-21(35-32-19)23(3,4)5)7-8-15(17(12)24)18-25-11-26-22(30-18)28-16-9-10-33(6)31-16/h7-11,13H,1-6H3,(H,27,34)(H,25,26,28,30,31)/t13-/m0/s1. The van der Waals surface area contributed by atoms with Crippen LogP contribution in [0.2, 0.25) is 0 Å². The quantitative estimate of drug-likeness (QED) is 0.425. The number of carbonyl (C=O) groups is 1. The van der Waals surface area contributed by atoms with Crippen LogP contribution >= 0.6 is 0 Å². The van der Waals surface area contributed by atoms with Gasteiger partial charge in [0, 0.05) is 24.7 Å². The lowest BCUT2D eigenvalue weighted by molar-refractivity contribution is 0.0926. The summed E-state index contributed by atoms with van der Waals surface area (Å²) < 4.78 is 22.2. The zero-order valence-corrected chi connectivity index (χ0v) is 20.3. The smallest absolute Gasteiger partial charge is 0.293 e. The van der Waals surface area contributed by atoms with Crippen LogP contribution < -0.4 is 10.6 Å². The fourth-order valence-electron chi connectivity index (χ4n) is 3.38. The van der Waals surface area contributed by atoms with E-state index in [-0.39, 0.29) is 28.6 Å². The van der Waals surface area contributed by atoms with Crippen molar-refractivity contribution >= 4 is 17.7 Å². The average Bonchev–Trinajstić information content (AvgIpc) is 3.45. The number of aryl methyl sites for hydroxylation is 1. The van der Waals surface area contributed by atoms with Crippen LogP contribution in [-0.4, -0.2) is 40.8 Å². The second kappa shape index (κ2) is 9.20. The maximum atomic E-state index is 15.4. The Kier molecular flexibility index (Phi) is 6.29. The molecule has 4 rings (SSSR count). The minimum Gasteiger partial charge on any atom is -0.343 e. The Labute approximate surface area is 201 Å². The van der Waals surface area contributed by atoms with Crippen molar-refractivity contribution in [2.75, 3.05) is 5.32 Å². The molecule has 0 fully saturated rings. The lowest BCUT2D eigenvalue weighted by Crippen LogP contribution is -2.28. The molecule has 11 nitrogen and oxygen atoms in total. The van der Waals surface area contributed by atoms with E-state index in [1.807, 2.05) is 20.8 Å². The van der Waals surface area contributed by atoms with Crippen LogP contribution in [0, 0.1) is 12.7 Å². The average molecular weight is 480 g/mol. The predicted octanol–water partition coefficient (Wildman–Crippen LogP) is 3.63. The first-order valence-electron chi connectivity index (χ1n) is 10.9. The molecule has 0 aliphatic carbocycles. The van der Waals surface area contributed by atoms with E-state index in [1.54, 1.807) is 50.0 Å². The molecule has 0 radical (unpaired) electrons. The van der Waals surface area contributed by atoms with Crippen LogP contribution in [0.15, 0.2) is 35.2 Å². The Morgan fingerprint density at radius 3 is 2.60 bits per heavy atom. The van der Waals surface area contributed by atoms with Crippen LogP contribution in [-0.2, 0) is 12.5 Å². The number of aromatic nitrogens is 7. The summed E-state index contributed by atoms with van der Waals surface area (Å²) in [6.45, 7) is 9.10. The molecule has 0 bridgehead atoms. The third kappa shape index (κ3) is 5.15. The molecule has 4 aromatic rings. The number of amides is 1. The monoisotopic (exact) mass is 479 g/mol. The Balaban J connectivity index is 1.53. The van der Waals surface area contributed by atoms with Crippen molar-refractivity contribution < 1.29 is 13.7 Å². The van der Waals surface area contributed by atoms with Crippen LogP contribution in [0.5, 0.6) is 0 Å². The van der Waals surface area contributed by atoms with E-state index in [9.17, 15) is 4.79 Å². The minimum absolute atomic E-state index is 0.0744. The van der Waals surface area contributed by atoms with E-state index in [4.69, 9.17) is 4.52 Å². The highest BCUT2D eigenvalue weighted by Crippen LogP contribution is 2.28. The first kappa shape index (κ1) is 23.9. The number of hydrogen-bond acceptors (Lipinski definition) is 9. The summed E-state index contributed by atoms with van der Waals surface area (Å²) in [5.74, 6) is 0.244. The molecule has 1 amide bonds. The molecular weight excluding hydrogens is 453 g/mol. The fourth-order valence-corrected chi connectivity index (χ4v) is 3.38. The van der Waals surface area contributed by atoms with Gasteiger partial charge in [-0.25, -0.2) is 14.4 Å². The molecule has 2 N–H and O–H groups in total. The summed E-state index contributed by atoms with van der Waals surface area (Å²) >= 11 is 0. The van der Waals surface area contributed by atoms with Crippen molar-refractivity contribution in [1.82, 2.24) is 40.2 Å². The molecule has 182 valence electrons. The van der Waals surface area contributed by atoms with E-state index in [0.717, 1.165) is 0 Å². The summed E-state index contributed by atoms with van der Waals surface area (Å²) in [7, 11) is 1.79. The zero-order chi connectivity index (χ0) is 25.3. The van der Waals surface area contributed by atoms with E-state index in [0.29, 0.717) is 22.8 Å². The van der Waals surface area contributed by atoms with Gasteiger partial charge in [0.25, 0.3) is 11.7 Å². The van der Waals surface area contributed by atoms with Gasteiger partial charge in [-0.05, 0) is 31.0 Å². The van der Waals surface area contributed by atoms with E-state index < -0.39 is 17.8 Å². The summed E-state index contributed by atoms with van der Waals surface area (Å²) in [5, 5.41) is 13.7. The molecule has 0 aliphatic heterocycles. The number of rotatable bonds is 6. The molecule has 1 atom stereocenters. The SMILES string of the molecule is Cc1c([C@H](C)NC(=O)c2noc(C(C)(C)C)n2)ccc(-c2ncnc(Nc3ccn(C)n3)n2)c1F. The van der Waals surface area contributed by atoms with Gasteiger partial charge in [-0.2, -0.15) is 15.1 Å². The maximum absolute atomic E-state index is 15.4. The van der Waals surface area contributed by atoms with Gasteiger partial charge in [-0.3, -0.25) is 9.48 Å². The molecule has 0 aliphatic rings. The second-order valence-electron chi connectivity index (χ2n) is 9.14. The minimum atomic E-state index is -0.512. The lowest BCUT2D eigenvalue weighted by atomic mass is 9.97. The number of benzene rings is 1. The van der Waals surface area contributed by atoms with Gasteiger partial charge in [-0.1, -0.05) is 32.0 Å². The summed E-state index contributed by atoms with van der Waals surface area (Å²) in [6.07, 6.45) is 3.07. The third-order valence-corrected chi connectivity index (χ3v) is 5.28. The molecule has 3 heterocycles. The Hall–Kier alpha value is -4.22. The molecule has 0 saturated heterocycles. The van der Waals surface area contributed by atoms with E-state index in [1.165, 1.54) is 6.33 Å². The fraction of sp³-hybridized carbons (Fsp3) is 0.348. The topological polar surface area (TPSA) is 137 Å². The van der Waals surface area contributed by atoms with Crippen LogP contribution in [0.25, 0.3) is 11.4 Å². The summed E-state index contributed by atoms with van der Waals surface area (Å²) in [6, 6.07) is 4.55. The molecule has 1 aromatic carbocycles. The second-order valence-corrected chi connectivity index (χ2v) is 9.14. The highest BCUT2D eigenvalue weighted by atomic mass is 19.1. The van der Waals surface area contributed by atoms with Gasteiger partial charge < -0.3 is 15.2 Å². The number of carbonyl (C=O) groups excluding carboxylic acids is 1. The maximum Gasteiger partial charge on any atom is 0.293 e. The molecule has 0 spiro atoms. The third-order valence-electron chi connectivity index (χ3n) is 5.28. The van der Waals surface area contributed by atoms with E-state index >= 15 is 4.39 Å². The lowest BCUT2D eigenvalue weighted by Gasteiger charge is -2.17. The number of hydrogen-bond donors (Lipinski definition) is 2. The largest absolute Gasteiger partial charge is 0.343 e. The predicted molar refractivity (Wildman–Crippen MR) is 125 cm³/mol. The highest BCUT2D eigenvalue weighted by Gasteiger charge is 2.25. The molecule has 0 unspecified atom stereocenters.